The Hall–Kier alpha value is -3.50. The summed E-state index contributed by atoms with van der Waals surface area (Å²) in [7, 11) is 0. The summed E-state index contributed by atoms with van der Waals surface area (Å²) in [5, 5.41) is 0.923. The molecule has 0 radical (unpaired) electrons. The summed E-state index contributed by atoms with van der Waals surface area (Å²) in [4.78, 5) is 23.4. The van der Waals surface area contributed by atoms with Crippen LogP contribution in [0.4, 0.5) is 0 Å². The molecule has 172 valence electrons. The Morgan fingerprint density at radius 1 is 0.912 bits per heavy atom. The first-order valence-electron chi connectivity index (χ1n) is 12.3. The van der Waals surface area contributed by atoms with E-state index < -0.39 is 0 Å². The van der Waals surface area contributed by atoms with Gasteiger partial charge in [0.25, 0.3) is 5.91 Å². The van der Waals surface area contributed by atoms with Crippen molar-refractivity contribution in [2.75, 3.05) is 19.6 Å². The molecule has 1 amide bonds. The first kappa shape index (κ1) is 22.3. The van der Waals surface area contributed by atoms with E-state index in [9.17, 15) is 4.79 Å². The van der Waals surface area contributed by atoms with Gasteiger partial charge in [-0.2, -0.15) is 0 Å². The van der Waals surface area contributed by atoms with Crippen molar-refractivity contribution in [1.82, 2.24) is 14.8 Å². The number of para-hydroxylation sites is 1. The van der Waals surface area contributed by atoms with Gasteiger partial charge in [0.05, 0.1) is 16.8 Å². The highest BCUT2D eigenvalue weighted by Gasteiger charge is 2.29. The molecule has 4 aromatic rings. The number of piperidine rings is 1. The van der Waals surface area contributed by atoms with Crippen molar-refractivity contribution in [1.29, 1.82) is 0 Å². The van der Waals surface area contributed by atoms with Gasteiger partial charge in [0.15, 0.2) is 0 Å². The number of hydrogen-bond acceptors (Lipinski definition) is 3. The Morgan fingerprint density at radius 2 is 1.56 bits per heavy atom. The number of benzene rings is 3. The van der Waals surface area contributed by atoms with Crippen LogP contribution in [0.1, 0.15) is 35.7 Å². The van der Waals surface area contributed by atoms with Crippen molar-refractivity contribution in [2.24, 2.45) is 0 Å². The highest BCUT2D eigenvalue weighted by atomic mass is 16.2. The second-order valence-corrected chi connectivity index (χ2v) is 9.02. The largest absolute Gasteiger partial charge is 0.336 e. The second-order valence-electron chi connectivity index (χ2n) is 9.02. The van der Waals surface area contributed by atoms with E-state index in [1.165, 1.54) is 5.56 Å². The number of pyridine rings is 1. The van der Waals surface area contributed by atoms with Crippen molar-refractivity contribution in [3.63, 3.8) is 0 Å². The molecule has 1 aromatic heterocycles. The molecule has 0 unspecified atom stereocenters. The highest BCUT2D eigenvalue weighted by molar-refractivity contribution is 6.07. The van der Waals surface area contributed by atoms with E-state index in [0.29, 0.717) is 6.54 Å². The molecule has 0 N–H and O–H groups in total. The molecule has 4 nitrogen and oxygen atoms in total. The van der Waals surface area contributed by atoms with Gasteiger partial charge in [-0.05, 0) is 37.5 Å². The number of aromatic nitrogens is 1. The molecule has 0 spiro atoms. The van der Waals surface area contributed by atoms with E-state index in [1.54, 1.807) is 0 Å². The van der Waals surface area contributed by atoms with Gasteiger partial charge < -0.3 is 4.90 Å². The van der Waals surface area contributed by atoms with Crippen LogP contribution < -0.4 is 0 Å². The first-order chi connectivity index (χ1) is 16.7. The number of rotatable bonds is 6. The molecule has 0 aliphatic carbocycles. The Balaban J connectivity index is 1.38. The van der Waals surface area contributed by atoms with Gasteiger partial charge in [0.2, 0.25) is 0 Å². The fourth-order valence-electron chi connectivity index (χ4n) is 5.06. The number of likely N-dealkylation sites (tertiary alicyclic amines) is 1. The maximum absolute atomic E-state index is 13.9. The third-order valence-electron chi connectivity index (χ3n) is 6.86. The van der Waals surface area contributed by atoms with Gasteiger partial charge in [-0.3, -0.25) is 9.69 Å². The van der Waals surface area contributed by atoms with Crippen molar-refractivity contribution in [2.45, 2.75) is 32.4 Å². The third-order valence-corrected chi connectivity index (χ3v) is 6.86. The van der Waals surface area contributed by atoms with Gasteiger partial charge in [0.1, 0.15) is 0 Å². The number of nitrogens with zero attached hydrogens (tertiary/aromatic N) is 3. The van der Waals surface area contributed by atoms with E-state index in [2.05, 4.69) is 47.1 Å². The summed E-state index contributed by atoms with van der Waals surface area (Å²) in [5.41, 5.74) is 4.83. The monoisotopic (exact) mass is 449 g/mol. The van der Waals surface area contributed by atoms with E-state index in [-0.39, 0.29) is 11.9 Å². The quantitative estimate of drug-likeness (QED) is 0.361. The van der Waals surface area contributed by atoms with Crippen molar-refractivity contribution < 1.29 is 4.79 Å². The van der Waals surface area contributed by atoms with Crippen LogP contribution >= 0.6 is 0 Å². The average Bonchev–Trinajstić information content (AvgIpc) is 2.90. The number of fused-ring (bicyclic) bond motifs is 1. The van der Waals surface area contributed by atoms with Crippen LogP contribution in [-0.4, -0.2) is 46.4 Å². The van der Waals surface area contributed by atoms with Crippen LogP contribution in [0.25, 0.3) is 22.2 Å². The summed E-state index contributed by atoms with van der Waals surface area (Å²) in [6, 6.07) is 31.0. The Bertz CT molecular complexity index is 1250. The standard InChI is InChI=1S/C30H31N3O/c1-2-33(25-17-19-32(20-18-25)22-23-11-5-3-6-12-23)30(34)27-21-29(24-13-7-4-8-14-24)31-28-16-10-9-15-26(27)28/h3-16,21,25H,2,17-20,22H2,1H3. The summed E-state index contributed by atoms with van der Waals surface area (Å²) in [6.07, 6.45) is 2.00. The normalized spacial score (nSPS) is 14.9. The summed E-state index contributed by atoms with van der Waals surface area (Å²) >= 11 is 0. The predicted octanol–water partition coefficient (Wildman–Crippen LogP) is 6.03. The van der Waals surface area contributed by atoms with Crippen LogP contribution in [0, 0.1) is 0 Å². The van der Waals surface area contributed by atoms with E-state index in [1.807, 2.05) is 60.7 Å². The average molecular weight is 450 g/mol. The molecule has 4 heteroatoms. The second kappa shape index (κ2) is 10.2. The minimum Gasteiger partial charge on any atom is -0.336 e. The molecule has 34 heavy (non-hydrogen) atoms. The molecule has 0 atom stereocenters. The lowest BCUT2D eigenvalue weighted by Gasteiger charge is -2.38. The first-order valence-corrected chi connectivity index (χ1v) is 12.3. The third kappa shape index (κ3) is 4.73. The molecule has 3 aromatic carbocycles. The van der Waals surface area contributed by atoms with E-state index >= 15 is 0 Å². The lowest BCUT2D eigenvalue weighted by Crippen LogP contribution is -2.47. The minimum absolute atomic E-state index is 0.111. The van der Waals surface area contributed by atoms with Gasteiger partial charge in [-0.15, -0.1) is 0 Å². The van der Waals surface area contributed by atoms with Gasteiger partial charge in [-0.25, -0.2) is 4.98 Å². The van der Waals surface area contributed by atoms with Crippen molar-refractivity contribution in [3.8, 4) is 11.3 Å². The van der Waals surface area contributed by atoms with Crippen molar-refractivity contribution in [3.05, 3.63) is 102 Å². The fourth-order valence-corrected chi connectivity index (χ4v) is 5.06. The number of carbonyl (C=O) groups is 1. The topological polar surface area (TPSA) is 36.4 Å². The minimum atomic E-state index is 0.111. The molecular weight excluding hydrogens is 418 g/mol. The molecule has 0 bridgehead atoms. The Kier molecular flexibility index (Phi) is 6.68. The maximum atomic E-state index is 13.9. The zero-order chi connectivity index (χ0) is 23.3. The summed E-state index contributed by atoms with van der Waals surface area (Å²) < 4.78 is 0. The van der Waals surface area contributed by atoms with Crippen LogP contribution in [0.3, 0.4) is 0 Å². The Morgan fingerprint density at radius 3 is 2.26 bits per heavy atom. The lowest BCUT2D eigenvalue weighted by molar-refractivity contribution is 0.0583. The molecule has 1 saturated heterocycles. The molecule has 0 saturated carbocycles. The van der Waals surface area contributed by atoms with Gasteiger partial charge in [0, 0.05) is 43.2 Å². The molecule has 2 heterocycles. The smallest absolute Gasteiger partial charge is 0.254 e. The number of carbonyl (C=O) groups excluding carboxylic acids is 1. The maximum Gasteiger partial charge on any atom is 0.254 e. The van der Waals surface area contributed by atoms with Crippen LogP contribution in [-0.2, 0) is 6.54 Å². The van der Waals surface area contributed by atoms with Gasteiger partial charge >= 0.3 is 0 Å². The zero-order valence-electron chi connectivity index (χ0n) is 19.7. The highest BCUT2D eigenvalue weighted by Crippen LogP contribution is 2.28. The van der Waals surface area contributed by atoms with Gasteiger partial charge in [-0.1, -0.05) is 78.9 Å². The number of hydrogen-bond donors (Lipinski definition) is 0. The Labute approximate surface area is 201 Å². The van der Waals surface area contributed by atoms with Crippen molar-refractivity contribution >= 4 is 16.8 Å². The fraction of sp³-hybridized carbons (Fsp3) is 0.267. The molecule has 1 aliphatic heterocycles. The van der Waals surface area contributed by atoms with Crippen LogP contribution in [0.15, 0.2) is 91.0 Å². The molecule has 1 fully saturated rings. The summed E-state index contributed by atoms with van der Waals surface area (Å²) in [5.74, 6) is 0.111. The van der Waals surface area contributed by atoms with Crippen LogP contribution in [0.2, 0.25) is 0 Å². The van der Waals surface area contributed by atoms with E-state index in [4.69, 9.17) is 4.98 Å². The lowest BCUT2D eigenvalue weighted by atomic mass is 9.99. The number of amides is 1. The zero-order valence-corrected chi connectivity index (χ0v) is 19.7. The van der Waals surface area contributed by atoms with Crippen LogP contribution in [0.5, 0.6) is 0 Å². The summed E-state index contributed by atoms with van der Waals surface area (Å²) in [6.45, 7) is 5.80. The molecule has 5 rings (SSSR count). The molecule has 1 aliphatic rings. The van der Waals surface area contributed by atoms with E-state index in [0.717, 1.165) is 60.2 Å². The molecular formula is C30H31N3O. The predicted molar refractivity (Wildman–Crippen MR) is 139 cm³/mol. The SMILES string of the molecule is CCN(C(=O)c1cc(-c2ccccc2)nc2ccccc12)C1CCN(Cc2ccccc2)CC1.